The van der Waals surface area contributed by atoms with Crippen molar-refractivity contribution >= 4 is 12.0 Å². The van der Waals surface area contributed by atoms with E-state index < -0.39 is 4.92 Å². The number of carbonyl (C=O) groups is 1. The fraction of sp³-hybridized carbons (Fsp3) is 0. The molecule has 0 bridgehead atoms. The molecule has 1 aromatic carbocycles. The highest BCUT2D eigenvalue weighted by molar-refractivity contribution is 5.81. The predicted octanol–water partition coefficient (Wildman–Crippen LogP) is 1.11. The van der Waals surface area contributed by atoms with Crippen molar-refractivity contribution in [1.29, 1.82) is 0 Å². The zero-order chi connectivity index (χ0) is 9.14. The van der Waals surface area contributed by atoms with Gasteiger partial charge in [0.2, 0.25) is 0 Å². The molecule has 0 aliphatic carbocycles. The lowest BCUT2D eigenvalue weighted by atomic mass is 10.2. The number of rotatable bonds is 2. The van der Waals surface area contributed by atoms with E-state index in [4.69, 9.17) is 5.11 Å². The predicted molar refractivity (Wildman–Crippen MR) is 40.1 cm³/mol. The molecule has 1 aromatic rings. The average molecular weight is 167 g/mol. The van der Waals surface area contributed by atoms with Gasteiger partial charge in [0.1, 0.15) is 5.75 Å². The molecule has 0 fully saturated rings. The average Bonchev–Trinajstić information content (AvgIpc) is 2.04. The number of benzene rings is 1. The quantitative estimate of drug-likeness (QED) is 0.406. The number of phenolic OH excluding ortho intramolecular Hbond substituents is 1. The summed E-state index contributed by atoms with van der Waals surface area (Å²) in [5, 5.41) is 19.1. The van der Waals surface area contributed by atoms with Crippen LogP contribution in [0.5, 0.6) is 5.75 Å². The van der Waals surface area contributed by atoms with Crippen molar-refractivity contribution in [2.75, 3.05) is 0 Å². The Morgan fingerprint density at radius 2 is 2.17 bits per heavy atom. The molecule has 1 rings (SSSR count). The summed E-state index contributed by atoms with van der Waals surface area (Å²) in [5.41, 5.74) is -0.428. The lowest BCUT2D eigenvalue weighted by Gasteiger charge is -1.95. The molecule has 0 atom stereocenters. The first-order chi connectivity index (χ1) is 5.65. The molecule has 0 heterocycles. The van der Waals surface area contributed by atoms with Crippen molar-refractivity contribution in [3.63, 3.8) is 0 Å². The van der Waals surface area contributed by atoms with Gasteiger partial charge in [-0.1, -0.05) is 0 Å². The molecule has 5 heteroatoms. The van der Waals surface area contributed by atoms with Crippen LogP contribution in [-0.4, -0.2) is 16.3 Å². The highest BCUT2D eigenvalue weighted by atomic mass is 16.6. The number of phenols is 1. The van der Waals surface area contributed by atoms with Crippen LogP contribution in [-0.2, 0) is 0 Å². The summed E-state index contributed by atoms with van der Waals surface area (Å²) < 4.78 is 0. The van der Waals surface area contributed by atoms with Crippen molar-refractivity contribution in [2.24, 2.45) is 0 Å². The summed E-state index contributed by atoms with van der Waals surface area (Å²) in [7, 11) is 0. The monoisotopic (exact) mass is 167 g/mol. The maximum absolute atomic E-state index is 10.3. The Labute approximate surface area is 67.4 Å². The lowest BCUT2D eigenvalue weighted by molar-refractivity contribution is -0.385. The Morgan fingerprint density at radius 3 is 2.67 bits per heavy atom. The smallest absolute Gasteiger partial charge is 0.283 e. The molecular formula is C7H5NO4. The second kappa shape index (κ2) is 3.00. The van der Waals surface area contributed by atoms with Crippen LogP contribution in [0.15, 0.2) is 18.2 Å². The number of nitro groups is 1. The van der Waals surface area contributed by atoms with E-state index in [0.29, 0.717) is 6.29 Å². The topological polar surface area (TPSA) is 80.4 Å². The Morgan fingerprint density at radius 1 is 1.50 bits per heavy atom. The van der Waals surface area contributed by atoms with Crippen molar-refractivity contribution < 1.29 is 14.8 Å². The van der Waals surface area contributed by atoms with Gasteiger partial charge in [-0.15, -0.1) is 0 Å². The van der Waals surface area contributed by atoms with E-state index in [0.717, 1.165) is 6.07 Å². The molecule has 12 heavy (non-hydrogen) atoms. The summed E-state index contributed by atoms with van der Waals surface area (Å²) in [6.45, 7) is 0. The molecule has 62 valence electrons. The van der Waals surface area contributed by atoms with Crippen LogP contribution in [0.2, 0.25) is 0 Å². The minimum atomic E-state index is -0.719. The Bertz CT molecular complexity index is 334. The largest absolute Gasteiger partial charge is 0.508 e. The van der Waals surface area contributed by atoms with Gasteiger partial charge in [0.15, 0.2) is 6.29 Å². The molecule has 0 aromatic heterocycles. The fourth-order valence-electron chi connectivity index (χ4n) is 0.790. The van der Waals surface area contributed by atoms with Crippen LogP contribution >= 0.6 is 0 Å². The van der Waals surface area contributed by atoms with E-state index in [2.05, 4.69) is 0 Å². The molecule has 5 nitrogen and oxygen atoms in total. The number of carbonyl (C=O) groups excluding carboxylic acids is 1. The maximum atomic E-state index is 10.3. The summed E-state index contributed by atoms with van der Waals surface area (Å²) in [4.78, 5) is 19.8. The fourth-order valence-corrected chi connectivity index (χ4v) is 0.790. The second-order valence-corrected chi connectivity index (χ2v) is 2.12. The Balaban J connectivity index is 3.30. The van der Waals surface area contributed by atoms with Gasteiger partial charge in [-0.05, 0) is 12.1 Å². The summed E-state index contributed by atoms with van der Waals surface area (Å²) >= 11 is 0. The molecule has 0 unspecified atom stereocenters. The second-order valence-electron chi connectivity index (χ2n) is 2.12. The van der Waals surface area contributed by atoms with Crippen LogP contribution in [0.3, 0.4) is 0 Å². The number of aldehydes is 1. The number of hydrogen-bond acceptors (Lipinski definition) is 4. The molecule has 0 aliphatic heterocycles. The van der Waals surface area contributed by atoms with Crippen LogP contribution < -0.4 is 0 Å². The zero-order valence-corrected chi connectivity index (χ0v) is 5.93. The SMILES string of the molecule is O=Cc1ccc(O)cc1[N+](=O)[O-]. The highest BCUT2D eigenvalue weighted by Gasteiger charge is 2.12. The number of nitrogens with zero attached hydrogens (tertiary/aromatic N) is 1. The zero-order valence-electron chi connectivity index (χ0n) is 5.93. The first-order valence-electron chi connectivity index (χ1n) is 3.07. The van der Waals surface area contributed by atoms with Crippen molar-refractivity contribution in [3.05, 3.63) is 33.9 Å². The molecule has 1 N–H and O–H groups in total. The lowest BCUT2D eigenvalue weighted by Crippen LogP contribution is -1.93. The highest BCUT2D eigenvalue weighted by Crippen LogP contribution is 2.21. The minimum Gasteiger partial charge on any atom is -0.508 e. The van der Waals surface area contributed by atoms with Gasteiger partial charge in [-0.25, -0.2) is 0 Å². The van der Waals surface area contributed by atoms with Gasteiger partial charge in [0.25, 0.3) is 5.69 Å². The molecule has 0 radical (unpaired) electrons. The van der Waals surface area contributed by atoms with Gasteiger partial charge >= 0.3 is 0 Å². The summed E-state index contributed by atoms with van der Waals surface area (Å²) in [6, 6.07) is 3.35. The third-order valence-corrected chi connectivity index (χ3v) is 1.34. The normalized spacial score (nSPS) is 9.33. The molecule has 0 aliphatic rings. The van der Waals surface area contributed by atoms with Gasteiger partial charge < -0.3 is 5.11 Å². The molecule has 0 amide bonds. The van der Waals surface area contributed by atoms with E-state index in [9.17, 15) is 14.9 Å². The van der Waals surface area contributed by atoms with Crippen molar-refractivity contribution in [2.45, 2.75) is 0 Å². The Kier molecular flexibility index (Phi) is 2.05. The first-order valence-corrected chi connectivity index (χ1v) is 3.07. The van der Waals surface area contributed by atoms with E-state index in [1.807, 2.05) is 0 Å². The van der Waals surface area contributed by atoms with Gasteiger partial charge in [-0.2, -0.15) is 0 Å². The van der Waals surface area contributed by atoms with Gasteiger partial charge in [0.05, 0.1) is 16.6 Å². The van der Waals surface area contributed by atoms with Crippen LogP contribution in [0.4, 0.5) is 5.69 Å². The summed E-state index contributed by atoms with van der Waals surface area (Å²) in [6.07, 6.45) is 0.373. The number of aromatic hydroxyl groups is 1. The molecule has 0 spiro atoms. The van der Waals surface area contributed by atoms with Crippen LogP contribution in [0.25, 0.3) is 0 Å². The Hall–Kier alpha value is -1.91. The first kappa shape index (κ1) is 8.19. The van der Waals surface area contributed by atoms with E-state index >= 15 is 0 Å². The summed E-state index contributed by atoms with van der Waals surface area (Å²) in [5.74, 6) is -0.229. The standard InChI is InChI=1S/C7H5NO4/c9-4-5-1-2-6(10)3-7(5)8(11)12/h1-4,10H. The molecule has 0 saturated heterocycles. The van der Waals surface area contributed by atoms with Crippen molar-refractivity contribution in [3.8, 4) is 5.75 Å². The molecular weight excluding hydrogens is 162 g/mol. The van der Waals surface area contributed by atoms with E-state index in [-0.39, 0.29) is 17.0 Å². The van der Waals surface area contributed by atoms with Crippen LogP contribution in [0, 0.1) is 10.1 Å². The minimum absolute atomic E-state index is 0.0437. The third-order valence-electron chi connectivity index (χ3n) is 1.34. The van der Waals surface area contributed by atoms with Crippen LogP contribution in [0.1, 0.15) is 10.4 Å². The molecule has 0 saturated carbocycles. The van der Waals surface area contributed by atoms with E-state index in [1.165, 1.54) is 12.1 Å². The number of nitro benzene ring substituents is 1. The number of hydrogen-bond donors (Lipinski definition) is 1. The maximum Gasteiger partial charge on any atom is 0.283 e. The van der Waals surface area contributed by atoms with Gasteiger partial charge in [-0.3, -0.25) is 14.9 Å². The van der Waals surface area contributed by atoms with Crippen molar-refractivity contribution in [1.82, 2.24) is 0 Å². The van der Waals surface area contributed by atoms with Gasteiger partial charge in [0, 0.05) is 0 Å². The van der Waals surface area contributed by atoms with E-state index in [1.54, 1.807) is 0 Å². The third kappa shape index (κ3) is 1.39.